The highest BCUT2D eigenvalue weighted by Crippen LogP contribution is 2.15. The average Bonchev–Trinajstić information content (AvgIpc) is 2.86. The minimum absolute atomic E-state index is 0.0404. The van der Waals surface area contributed by atoms with Crippen LogP contribution in [0.3, 0.4) is 0 Å². The highest BCUT2D eigenvalue weighted by molar-refractivity contribution is 7.80. The molecule has 0 atom stereocenters. The predicted octanol–water partition coefficient (Wildman–Crippen LogP) is 1.66. The summed E-state index contributed by atoms with van der Waals surface area (Å²) in [5.74, 6) is -0.179. The van der Waals surface area contributed by atoms with E-state index in [0.29, 0.717) is 23.8 Å². The van der Waals surface area contributed by atoms with Gasteiger partial charge < -0.3 is 4.90 Å². The molecular weight excluding hydrogens is 272 g/mol. The molecule has 1 aliphatic rings. The number of nitrogens with zero attached hydrogens (tertiary/aromatic N) is 4. The Labute approximate surface area is 121 Å². The van der Waals surface area contributed by atoms with Gasteiger partial charge in [-0.1, -0.05) is 18.2 Å². The lowest BCUT2D eigenvalue weighted by Crippen LogP contribution is -2.34. The van der Waals surface area contributed by atoms with Crippen LogP contribution in [0.5, 0.6) is 0 Å². The molecule has 0 N–H and O–H groups in total. The number of thiocarbonyl (C=S) groups is 1. The number of nitriles is 2. The fraction of sp³-hybridized carbons (Fsp3) is 0.143. The van der Waals surface area contributed by atoms with Gasteiger partial charge in [0.05, 0.1) is 0 Å². The van der Waals surface area contributed by atoms with Gasteiger partial charge in [-0.05, 0) is 24.4 Å². The number of allylic oxidation sites excluding steroid dienone is 1. The third kappa shape index (κ3) is 2.66. The van der Waals surface area contributed by atoms with Crippen molar-refractivity contribution in [2.45, 2.75) is 0 Å². The molecule has 0 bridgehead atoms. The molecule has 1 fully saturated rings. The first-order valence-corrected chi connectivity index (χ1v) is 6.27. The molecule has 98 valence electrons. The van der Waals surface area contributed by atoms with Gasteiger partial charge in [0.15, 0.2) is 5.11 Å². The maximum absolute atomic E-state index is 12.3. The molecule has 1 aromatic carbocycles. The van der Waals surface area contributed by atoms with Gasteiger partial charge in [-0.3, -0.25) is 9.69 Å². The standard InChI is InChI=1S/C14H10N4OS/c15-8-11(9-16)10-17-6-7-18(14(17)20)13(19)12-4-2-1-3-5-12/h1-5,10H,6-7H2. The summed E-state index contributed by atoms with van der Waals surface area (Å²) in [4.78, 5) is 15.3. The lowest BCUT2D eigenvalue weighted by atomic mass is 10.2. The molecule has 1 heterocycles. The molecular formula is C14H10N4OS. The number of hydrogen-bond donors (Lipinski definition) is 0. The summed E-state index contributed by atoms with van der Waals surface area (Å²) in [6.45, 7) is 0.914. The lowest BCUT2D eigenvalue weighted by molar-refractivity contribution is 0.0861. The SMILES string of the molecule is N#CC(C#N)=CN1CCN(C(=O)c2ccccc2)C1=S. The van der Waals surface area contributed by atoms with E-state index in [4.69, 9.17) is 22.7 Å². The quantitative estimate of drug-likeness (QED) is 0.609. The second kappa shape index (κ2) is 5.96. The first-order chi connectivity index (χ1) is 9.67. The number of hydrogen-bond acceptors (Lipinski definition) is 4. The number of carbonyl (C=O) groups is 1. The van der Waals surface area contributed by atoms with E-state index in [-0.39, 0.29) is 11.5 Å². The predicted molar refractivity (Wildman–Crippen MR) is 76.1 cm³/mol. The fourth-order valence-electron chi connectivity index (χ4n) is 1.84. The minimum Gasteiger partial charge on any atom is -0.321 e. The van der Waals surface area contributed by atoms with Gasteiger partial charge in [0, 0.05) is 24.9 Å². The van der Waals surface area contributed by atoms with E-state index in [1.807, 2.05) is 6.07 Å². The first kappa shape index (κ1) is 13.7. The van der Waals surface area contributed by atoms with Crippen molar-refractivity contribution in [2.75, 3.05) is 13.1 Å². The maximum atomic E-state index is 12.3. The van der Waals surface area contributed by atoms with Crippen LogP contribution in [0, 0.1) is 22.7 Å². The van der Waals surface area contributed by atoms with Crippen molar-refractivity contribution in [1.82, 2.24) is 9.80 Å². The summed E-state index contributed by atoms with van der Waals surface area (Å²) >= 11 is 5.22. The van der Waals surface area contributed by atoms with Gasteiger partial charge in [0.2, 0.25) is 0 Å². The van der Waals surface area contributed by atoms with Crippen LogP contribution >= 0.6 is 12.2 Å². The van der Waals surface area contributed by atoms with Gasteiger partial charge >= 0.3 is 0 Å². The topological polar surface area (TPSA) is 71.1 Å². The Morgan fingerprint density at radius 2 is 1.85 bits per heavy atom. The molecule has 1 aliphatic heterocycles. The molecule has 0 unspecified atom stereocenters. The minimum atomic E-state index is -0.179. The van der Waals surface area contributed by atoms with Crippen molar-refractivity contribution in [2.24, 2.45) is 0 Å². The lowest BCUT2D eigenvalue weighted by Gasteiger charge is -2.17. The van der Waals surface area contributed by atoms with Crippen LogP contribution < -0.4 is 0 Å². The van der Waals surface area contributed by atoms with Gasteiger partial charge in [0.1, 0.15) is 17.7 Å². The van der Waals surface area contributed by atoms with Crippen LogP contribution in [0.2, 0.25) is 0 Å². The first-order valence-electron chi connectivity index (χ1n) is 5.87. The van der Waals surface area contributed by atoms with Crippen molar-refractivity contribution >= 4 is 23.2 Å². The van der Waals surface area contributed by atoms with Crippen molar-refractivity contribution in [3.05, 3.63) is 47.7 Å². The molecule has 0 spiro atoms. The van der Waals surface area contributed by atoms with E-state index in [9.17, 15) is 4.79 Å². The van der Waals surface area contributed by atoms with Crippen molar-refractivity contribution in [3.8, 4) is 12.1 Å². The zero-order chi connectivity index (χ0) is 14.5. The summed E-state index contributed by atoms with van der Waals surface area (Å²) in [6, 6.07) is 12.4. The Hall–Kier alpha value is -2.70. The highest BCUT2D eigenvalue weighted by Gasteiger charge is 2.29. The molecule has 1 saturated heterocycles. The largest absolute Gasteiger partial charge is 0.321 e. The molecule has 0 radical (unpaired) electrons. The number of rotatable bonds is 2. The van der Waals surface area contributed by atoms with Crippen LogP contribution in [0.15, 0.2) is 42.1 Å². The van der Waals surface area contributed by atoms with Crippen LogP contribution in [0.1, 0.15) is 10.4 Å². The Morgan fingerprint density at radius 1 is 1.20 bits per heavy atom. The smallest absolute Gasteiger partial charge is 0.260 e. The summed E-state index contributed by atoms with van der Waals surface area (Å²) < 4.78 is 0. The van der Waals surface area contributed by atoms with Gasteiger partial charge in [-0.15, -0.1) is 0 Å². The van der Waals surface area contributed by atoms with Gasteiger partial charge in [-0.2, -0.15) is 10.5 Å². The Kier molecular flexibility index (Phi) is 4.09. The highest BCUT2D eigenvalue weighted by atomic mass is 32.1. The second-order valence-corrected chi connectivity index (χ2v) is 4.43. The molecule has 0 saturated carbocycles. The Morgan fingerprint density at radius 3 is 2.45 bits per heavy atom. The van der Waals surface area contributed by atoms with Crippen LogP contribution in [0.25, 0.3) is 0 Å². The van der Waals surface area contributed by atoms with Crippen molar-refractivity contribution < 1.29 is 4.79 Å². The van der Waals surface area contributed by atoms with Gasteiger partial charge in [-0.25, -0.2) is 0 Å². The average molecular weight is 282 g/mol. The molecule has 1 amide bonds. The number of amides is 1. The van der Waals surface area contributed by atoms with Crippen molar-refractivity contribution in [3.63, 3.8) is 0 Å². The third-order valence-electron chi connectivity index (χ3n) is 2.83. The van der Waals surface area contributed by atoms with Crippen LogP contribution in [-0.2, 0) is 0 Å². The van der Waals surface area contributed by atoms with E-state index in [2.05, 4.69) is 0 Å². The summed E-state index contributed by atoms with van der Waals surface area (Å²) in [5, 5.41) is 17.8. The Balaban J connectivity index is 2.17. The van der Waals surface area contributed by atoms with E-state index < -0.39 is 0 Å². The van der Waals surface area contributed by atoms with Gasteiger partial charge in [0.25, 0.3) is 5.91 Å². The molecule has 1 aromatic rings. The normalized spacial score (nSPS) is 13.6. The van der Waals surface area contributed by atoms with E-state index in [1.54, 1.807) is 41.3 Å². The molecule has 2 rings (SSSR count). The summed E-state index contributed by atoms with van der Waals surface area (Å²) in [5.41, 5.74) is 0.517. The molecule has 0 aliphatic carbocycles. The third-order valence-corrected chi connectivity index (χ3v) is 3.29. The van der Waals surface area contributed by atoms with E-state index >= 15 is 0 Å². The van der Waals surface area contributed by atoms with E-state index in [0.717, 1.165) is 0 Å². The molecule has 0 aromatic heterocycles. The Bertz CT molecular complexity index is 638. The van der Waals surface area contributed by atoms with E-state index in [1.165, 1.54) is 11.1 Å². The zero-order valence-corrected chi connectivity index (χ0v) is 11.3. The molecule has 20 heavy (non-hydrogen) atoms. The number of benzene rings is 1. The number of carbonyl (C=O) groups excluding carboxylic acids is 1. The monoisotopic (exact) mass is 282 g/mol. The summed E-state index contributed by atoms with van der Waals surface area (Å²) in [7, 11) is 0. The molecule has 6 heteroatoms. The molecule has 5 nitrogen and oxygen atoms in total. The summed E-state index contributed by atoms with van der Waals surface area (Å²) in [6.07, 6.45) is 1.38. The van der Waals surface area contributed by atoms with Crippen LogP contribution in [-0.4, -0.2) is 33.9 Å². The zero-order valence-electron chi connectivity index (χ0n) is 10.5. The second-order valence-electron chi connectivity index (χ2n) is 4.07. The maximum Gasteiger partial charge on any atom is 0.260 e. The fourth-order valence-corrected chi connectivity index (χ4v) is 2.16. The van der Waals surface area contributed by atoms with Crippen LogP contribution in [0.4, 0.5) is 0 Å². The van der Waals surface area contributed by atoms with Crippen molar-refractivity contribution in [1.29, 1.82) is 10.5 Å².